The predicted octanol–water partition coefficient (Wildman–Crippen LogP) is 3.42. The number of aliphatic hydroxyl groups is 1. The van der Waals surface area contributed by atoms with E-state index in [9.17, 15) is 9.90 Å². The molecule has 3 aromatic rings. The Morgan fingerprint density at radius 2 is 2.08 bits per heavy atom. The third-order valence-corrected chi connectivity index (χ3v) is 4.29. The zero-order chi connectivity index (χ0) is 16.8. The number of anilines is 1. The van der Waals surface area contributed by atoms with E-state index in [1.54, 1.807) is 12.3 Å². The molecule has 0 radical (unpaired) electrons. The van der Waals surface area contributed by atoms with Crippen molar-refractivity contribution in [2.45, 2.75) is 12.6 Å². The van der Waals surface area contributed by atoms with Crippen LogP contribution in [0.15, 0.2) is 63.9 Å². The van der Waals surface area contributed by atoms with Gasteiger partial charge in [-0.25, -0.2) is 0 Å². The first-order valence-electron chi connectivity index (χ1n) is 7.57. The van der Waals surface area contributed by atoms with Crippen LogP contribution in [0.4, 0.5) is 5.69 Å². The van der Waals surface area contributed by atoms with E-state index < -0.39 is 6.10 Å². The van der Waals surface area contributed by atoms with Crippen LogP contribution in [0.3, 0.4) is 0 Å². The van der Waals surface area contributed by atoms with Crippen LogP contribution >= 0.6 is 11.3 Å². The van der Waals surface area contributed by atoms with Crippen molar-refractivity contribution in [1.82, 2.24) is 5.32 Å². The molecule has 0 aliphatic heterocycles. The Labute approximate surface area is 143 Å². The van der Waals surface area contributed by atoms with Crippen LogP contribution in [0, 0.1) is 0 Å². The fraction of sp³-hybridized carbons (Fsp3) is 0.167. The molecule has 0 saturated carbocycles. The van der Waals surface area contributed by atoms with E-state index in [1.807, 2.05) is 47.2 Å². The second-order valence-corrected chi connectivity index (χ2v) is 6.04. The maximum absolute atomic E-state index is 12.4. The zero-order valence-corrected chi connectivity index (χ0v) is 13.8. The Morgan fingerprint density at radius 1 is 1.21 bits per heavy atom. The lowest BCUT2D eigenvalue weighted by molar-refractivity contribution is 0.0917. The largest absolute Gasteiger partial charge is 0.467 e. The Bertz CT molecular complexity index is 769. The topological polar surface area (TPSA) is 74.5 Å². The summed E-state index contributed by atoms with van der Waals surface area (Å²) < 4.78 is 5.28. The average molecular weight is 342 g/mol. The first kappa shape index (κ1) is 16.3. The molecule has 0 bridgehead atoms. The monoisotopic (exact) mass is 342 g/mol. The van der Waals surface area contributed by atoms with Crippen LogP contribution in [0.25, 0.3) is 0 Å². The molecule has 3 rings (SSSR count). The molecule has 1 aromatic carbocycles. The normalized spacial score (nSPS) is 11.9. The number of aliphatic hydroxyl groups excluding tert-OH is 1. The lowest BCUT2D eigenvalue weighted by Gasteiger charge is -2.13. The lowest BCUT2D eigenvalue weighted by atomic mass is 10.1. The number of hydrogen-bond acceptors (Lipinski definition) is 5. The summed E-state index contributed by atoms with van der Waals surface area (Å²) in [5.41, 5.74) is 2.06. The first-order chi connectivity index (χ1) is 11.7. The van der Waals surface area contributed by atoms with Crippen molar-refractivity contribution in [2.75, 3.05) is 11.9 Å². The summed E-state index contributed by atoms with van der Waals surface area (Å²) in [6, 6.07) is 12.8. The Morgan fingerprint density at radius 3 is 2.83 bits per heavy atom. The fourth-order valence-electron chi connectivity index (χ4n) is 2.30. The summed E-state index contributed by atoms with van der Waals surface area (Å²) in [6.45, 7) is 0.664. The van der Waals surface area contributed by atoms with Crippen LogP contribution in [-0.4, -0.2) is 17.6 Å². The molecule has 3 N–H and O–H groups in total. The van der Waals surface area contributed by atoms with E-state index in [4.69, 9.17) is 4.42 Å². The number of furan rings is 1. The molecule has 0 spiro atoms. The van der Waals surface area contributed by atoms with Crippen molar-refractivity contribution >= 4 is 22.9 Å². The number of rotatable bonds is 7. The number of carbonyl (C=O) groups excluding carboxylic acids is 1. The third-order valence-electron chi connectivity index (χ3n) is 3.59. The van der Waals surface area contributed by atoms with Crippen LogP contribution in [0.5, 0.6) is 0 Å². The van der Waals surface area contributed by atoms with Gasteiger partial charge in [-0.2, -0.15) is 11.3 Å². The van der Waals surface area contributed by atoms with Crippen LogP contribution in [0.1, 0.15) is 27.8 Å². The summed E-state index contributed by atoms with van der Waals surface area (Å²) in [7, 11) is 0. The van der Waals surface area contributed by atoms with Gasteiger partial charge in [0.2, 0.25) is 0 Å². The number of nitrogens with one attached hydrogen (secondary N) is 2. The molecular weight excluding hydrogens is 324 g/mol. The number of amides is 1. The average Bonchev–Trinajstić information content (AvgIpc) is 3.31. The molecule has 0 saturated heterocycles. The molecule has 0 aliphatic rings. The highest BCUT2D eigenvalue weighted by Crippen LogP contribution is 2.18. The highest BCUT2D eigenvalue weighted by Gasteiger charge is 2.14. The Kier molecular flexibility index (Phi) is 5.30. The van der Waals surface area contributed by atoms with Crippen molar-refractivity contribution in [3.8, 4) is 0 Å². The van der Waals surface area contributed by atoms with E-state index in [-0.39, 0.29) is 12.5 Å². The van der Waals surface area contributed by atoms with E-state index >= 15 is 0 Å². The molecular formula is C18H18N2O3S. The Balaban J connectivity index is 1.61. The number of benzene rings is 1. The SMILES string of the molecule is O=C(NCC(O)c1ccsc1)c1ccccc1NCc1ccco1. The molecule has 6 heteroatoms. The predicted molar refractivity (Wildman–Crippen MR) is 94.1 cm³/mol. The highest BCUT2D eigenvalue weighted by molar-refractivity contribution is 7.07. The van der Waals surface area contributed by atoms with Gasteiger partial charge in [0.1, 0.15) is 5.76 Å². The summed E-state index contributed by atoms with van der Waals surface area (Å²) >= 11 is 1.51. The van der Waals surface area contributed by atoms with Crippen molar-refractivity contribution < 1.29 is 14.3 Å². The zero-order valence-electron chi connectivity index (χ0n) is 12.9. The van der Waals surface area contributed by atoms with E-state index in [1.165, 1.54) is 11.3 Å². The van der Waals surface area contributed by atoms with Gasteiger partial charge >= 0.3 is 0 Å². The van der Waals surface area contributed by atoms with E-state index in [2.05, 4.69) is 10.6 Å². The maximum atomic E-state index is 12.4. The fourth-order valence-corrected chi connectivity index (χ4v) is 3.00. The van der Waals surface area contributed by atoms with Gasteiger partial charge in [0.15, 0.2) is 0 Å². The third kappa shape index (κ3) is 4.04. The molecule has 0 aliphatic carbocycles. The van der Waals surface area contributed by atoms with Gasteiger partial charge in [-0.1, -0.05) is 12.1 Å². The Hall–Kier alpha value is -2.57. The second kappa shape index (κ2) is 7.81. The molecule has 2 aromatic heterocycles. The van der Waals surface area contributed by atoms with Gasteiger partial charge in [0.05, 0.1) is 24.5 Å². The van der Waals surface area contributed by atoms with Crippen LogP contribution < -0.4 is 10.6 Å². The van der Waals surface area contributed by atoms with Crippen molar-refractivity contribution in [3.05, 3.63) is 76.4 Å². The van der Waals surface area contributed by atoms with Crippen molar-refractivity contribution in [2.24, 2.45) is 0 Å². The van der Waals surface area contributed by atoms with Gasteiger partial charge in [0, 0.05) is 12.2 Å². The minimum Gasteiger partial charge on any atom is -0.467 e. The molecule has 1 unspecified atom stereocenters. The molecule has 124 valence electrons. The summed E-state index contributed by atoms with van der Waals surface area (Å²) in [6.07, 6.45) is 0.907. The van der Waals surface area contributed by atoms with E-state index in [0.29, 0.717) is 12.1 Å². The molecule has 0 fully saturated rings. The van der Waals surface area contributed by atoms with Gasteiger partial charge in [-0.15, -0.1) is 0 Å². The molecule has 1 amide bonds. The van der Waals surface area contributed by atoms with Crippen molar-refractivity contribution in [1.29, 1.82) is 0 Å². The van der Waals surface area contributed by atoms with Crippen molar-refractivity contribution in [3.63, 3.8) is 0 Å². The highest BCUT2D eigenvalue weighted by atomic mass is 32.1. The summed E-state index contributed by atoms with van der Waals surface area (Å²) in [5.74, 6) is 0.560. The minimum atomic E-state index is -0.705. The number of carbonyl (C=O) groups is 1. The standard InChI is InChI=1S/C18H18N2O3S/c21-17(13-7-9-24-12-13)11-20-18(22)15-5-1-2-6-16(15)19-10-14-4-3-8-23-14/h1-9,12,17,19,21H,10-11H2,(H,20,22). The molecule has 2 heterocycles. The summed E-state index contributed by atoms with van der Waals surface area (Å²) in [5, 5.41) is 19.8. The summed E-state index contributed by atoms with van der Waals surface area (Å²) in [4.78, 5) is 12.4. The van der Waals surface area contributed by atoms with Gasteiger partial charge in [-0.3, -0.25) is 4.79 Å². The maximum Gasteiger partial charge on any atom is 0.253 e. The lowest BCUT2D eigenvalue weighted by Crippen LogP contribution is -2.28. The first-order valence-corrected chi connectivity index (χ1v) is 8.52. The second-order valence-electron chi connectivity index (χ2n) is 5.26. The van der Waals surface area contributed by atoms with Gasteiger partial charge in [-0.05, 0) is 46.7 Å². The number of hydrogen-bond donors (Lipinski definition) is 3. The number of para-hydroxylation sites is 1. The smallest absolute Gasteiger partial charge is 0.253 e. The van der Waals surface area contributed by atoms with E-state index in [0.717, 1.165) is 17.0 Å². The minimum absolute atomic E-state index is 0.169. The van der Waals surface area contributed by atoms with Gasteiger partial charge < -0.3 is 20.2 Å². The molecule has 24 heavy (non-hydrogen) atoms. The van der Waals surface area contributed by atoms with Gasteiger partial charge in [0.25, 0.3) is 5.91 Å². The quantitative estimate of drug-likeness (QED) is 0.615. The molecule has 5 nitrogen and oxygen atoms in total. The van der Waals surface area contributed by atoms with Crippen LogP contribution in [-0.2, 0) is 6.54 Å². The molecule has 1 atom stereocenters. The van der Waals surface area contributed by atoms with Crippen LogP contribution in [0.2, 0.25) is 0 Å². The number of thiophene rings is 1.